The molecule has 0 amide bonds. The highest BCUT2D eigenvalue weighted by Crippen LogP contribution is 2.24. The van der Waals surface area contributed by atoms with Gasteiger partial charge in [-0.25, -0.2) is 17.6 Å². The van der Waals surface area contributed by atoms with Gasteiger partial charge >= 0.3 is 11.9 Å². The van der Waals surface area contributed by atoms with Crippen molar-refractivity contribution in [3.05, 3.63) is 24.3 Å². The van der Waals surface area contributed by atoms with Gasteiger partial charge in [0.05, 0.1) is 13.2 Å². The molecule has 0 spiro atoms. The van der Waals surface area contributed by atoms with Crippen molar-refractivity contribution in [1.82, 2.24) is 9.80 Å². The molecule has 0 aliphatic carbocycles. The van der Waals surface area contributed by atoms with E-state index in [2.05, 4.69) is 23.9 Å². The summed E-state index contributed by atoms with van der Waals surface area (Å²) in [6.07, 6.45) is 20.7. The highest BCUT2D eigenvalue weighted by Gasteiger charge is 2.24. The first-order valence-electron chi connectivity index (χ1n) is 19.7. The minimum atomic E-state index is -2.79. The first-order chi connectivity index (χ1) is 23.9. The summed E-state index contributed by atoms with van der Waals surface area (Å²) in [6, 6.07) is 0. The number of carbonyl (C=O) groups is 2. The summed E-state index contributed by atoms with van der Waals surface area (Å²) >= 11 is 0. The van der Waals surface area contributed by atoms with Crippen molar-refractivity contribution in [2.75, 3.05) is 53.5 Å². The van der Waals surface area contributed by atoms with Crippen LogP contribution >= 0.6 is 0 Å². The van der Waals surface area contributed by atoms with Crippen molar-refractivity contribution in [2.24, 2.45) is 0 Å². The summed E-state index contributed by atoms with van der Waals surface area (Å²) in [5.74, 6) is -6.08. The summed E-state index contributed by atoms with van der Waals surface area (Å²) in [7, 11) is 4.21. The van der Waals surface area contributed by atoms with Gasteiger partial charge in [0, 0.05) is 25.7 Å². The van der Waals surface area contributed by atoms with E-state index < -0.39 is 11.8 Å². The Morgan fingerprint density at radius 3 is 1.30 bits per heavy atom. The van der Waals surface area contributed by atoms with E-state index in [1.165, 1.54) is 25.0 Å². The van der Waals surface area contributed by atoms with Crippen LogP contribution in [0.25, 0.3) is 0 Å². The van der Waals surface area contributed by atoms with Crippen molar-refractivity contribution in [2.45, 2.75) is 167 Å². The van der Waals surface area contributed by atoms with Gasteiger partial charge in [-0.05, 0) is 117 Å². The smallest absolute Gasteiger partial charge is 0.305 e. The molecule has 0 saturated heterocycles. The third-order valence-corrected chi connectivity index (χ3v) is 8.59. The molecule has 0 aromatic rings. The van der Waals surface area contributed by atoms with Crippen molar-refractivity contribution >= 4 is 11.9 Å². The summed E-state index contributed by atoms with van der Waals surface area (Å²) in [6.45, 7) is 8.41. The van der Waals surface area contributed by atoms with Crippen molar-refractivity contribution in [3.8, 4) is 0 Å². The van der Waals surface area contributed by atoms with Crippen LogP contribution in [0.3, 0.4) is 0 Å². The Bertz CT molecular complexity index is 821. The normalized spacial score (nSPS) is 12.6. The van der Waals surface area contributed by atoms with Crippen LogP contribution in [0.2, 0.25) is 0 Å². The number of allylic oxidation sites excluding steroid dienone is 2. The zero-order valence-corrected chi connectivity index (χ0v) is 32.1. The fraction of sp³-hybridized carbons (Fsp3) is 0.850. The van der Waals surface area contributed by atoms with E-state index in [0.717, 1.165) is 115 Å². The largest absolute Gasteiger partial charge is 0.465 e. The van der Waals surface area contributed by atoms with E-state index in [4.69, 9.17) is 9.47 Å². The van der Waals surface area contributed by atoms with E-state index in [9.17, 15) is 27.2 Å². The second-order valence-electron chi connectivity index (χ2n) is 13.9. The molecule has 0 aromatic heterocycles. The van der Waals surface area contributed by atoms with E-state index in [0.29, 0.717) is 38.5 Å². The van der Waals surface area contributed by atoms with Gasteiger partial charge in [0.15, 0.2) is 0 Å². The Morgan fingerprint density at radius 1 is 0.540 bits per heavy atom. The molecule has 294 valence electrons. The van der Waals surface area contributed by atoms with Crippen LogP contribution in [0.5, 0.6) is 0 Å². The minimum absolute atomic E-state index is 0.144. The molecule has 0 aliphatic rings. The molecule has 6 nitrogen and oxygen atoms in total. The van der Waals surface area contributed by atoms with Crippen LogP contribution in [0.15, 0.2) is 24.3 Å². The third-order valence-electron chi connectivity index (χ3n) is 8.59. The zero-order valence-electron chi connectivity index (χ0n) is 32.1. The second-order valence-corrected chi connectivity index (χ2v) is 13.9. The Hall–Kier alpha value is -1.94. The lowest BCUT2D eigenvalue weighted by Gasteiger charge is -2.23. The summed E-state index contributed by atoms with van der Waals surface area (Å²) in [5, 5.41) is 0. The van der Waals surface area contributed by atoms with Crippen LogP contribution < -0.4 is 0 Å². The van der Waals surface area contributed by atoms with Gasteiger partial charge in [-0.15, -0.1) is 0 Å². The number of esters is 2. The molecular formula is C40H72F4N2O4. The van der Waals surface area contributed by atoms with E-state index in [-0.39, 0.29) is 38.0 Å². The molecule has 0 fully saturated rings. The molecule has 0 radical (unpaired) electrons. The first-order valence-corrected chi connectivity index (χ1v) is 19.7. The maximum absolute atomic E-state index is 13.6. The van der Waals surface area contributed by atoms with Crippen molar-refractivity contribution in [3.63, 3.8) is 0 Å². The molecule has 0 atom stereocenters. The van der Waals surface area contributed by atoms with E-state index in [1.54, 1.807) is 0 Å². The van der Waals surface area contributed by atoms with Crippen LogP contribution in [0, 0.1) is 0 Å². The molecular weight excluding hydrogens is 648 g/mol. The molecule has 0 N–H and O–H groups in total. The molecule has 0 rings (SSSR count). The topological polar surface area (TPSA) is 59.1 Å². The van der Waals surface area contributed by atoms with Gasteiger partial charge in [0.25, 0.3) is 11.8 Å². The average Bonchev–Trinajstić information content (AvgIpc) is 3.06. The Kier molecular flexibility index (Phi) is 30.5. The number of ether oxygens (including phenoxy) is 2. The molecule has 0 aromatic carbocycles. The molecule has 0 saturated carbocycles. The van der Waals surface area contributed by atoms with Crippen LogP contribution in [0.1, 0.15) is 155 Å². The predicted octanol–water partition coefficient (Wildman–Crippen LogP) is 10.9. The molecule has 50 heavy (non-hydrogen) atoms. The lowest BCUT2D eigenvalue weighted by atomic mass is 10.1. The Balaban J connectivity index is 4.07. The SMILES string of the molecule is CCCCC(F)(F)/C=C\CCOC(=O)CCCCCCCN(CCCCCCCC(=O)OCC/C=C\C(F)(F)CCCC)CCCCN(C)C. The van der Waals surface area contributed by atoms with Gasteiger partial charge in [0.2, 0.25) is 0 Å². The Labute approximate surface area is 302 Å². The minimum Gasteiger partial charge on any atom is -0.465 e. The molecule has 0 bridgehead atoms. The van der Waals surface area contributed by atoms with Crippen LogP contribution in [0.4, 0.5) is 17.6 Å². The highest BCUT2D eigenvalue weighted by atomic mass is 19.3. The zero-order chi connectivity index (χ0) is 37.4. The maximum Gasteiger partial charge on any atom is 0.305 e. The van der Waals surface area contributed by atoms with Crippen LogP contribution in [-0.4, -0.2) is 87.1 Å². The van der Waals surface area contributed by atoms with E-state index in [1.807, 2.05) is 13.8 Å². The fourth-order valence-electron chi connectivity index (χ4n) is 5.50. The number of nitrogens with zero attached hydrogens (tertiary/aromatic N) is 2. The molecule has 0 unspecified atom stereocenters. The standard InChI is InChI=1S/C40H72F4N2O4/c1-5-7-27-39(41,42)29-17-23-35-49-37(47)25-15-11-9-13-19-32-46(34-22-21-31-45(3)4)33-20-14-10-12-16-26-38(48)50-36-24-18-30-40(43,44)28-8-6-2/h17-18,29-30H,5-16,19-28,31-36H2,1-4H3/b29-17-,30-18-. The summed E-state index contributed by atoms with van der Waals surface area (Å²) < 4.78 is 64.8. The fourth-order valence-corrected chi connectivity index (χ4v) is 5.50. The number of alkyl halides is 4. The van der Waals surface area contributed by atoms with Crippen LogP contribution in [-0.2, 0) is 19.1 Å². The van der Waals surface area contributed by atoms with Gasteiger partial charge in [-0.1, -0.05) is 77.4 Å². The van der Waals surface area contributed by atoms with Crippen molar-refractivity contribution < 1.29 is 36.6 Å². The number of unbranched alkanes of at least 4 members (excludes halogenated alkanes) is 11. The first kappa shape index (κ1) is 48.1. The summed E-state index contributed by atoms with van der Waals surface area (Å²) in [4.78, 5) is 28.7. The van der Waals surface area contributed by atoms with Gasteiger partial charge in [-0.3, -0.25) is 9.59 Å². The molecule has 0 aliphatic heterocycles. The maximum atomic E-state index is 13.6. The Morgan fingerprint density at radius 2 is 0.900 bits per heavy atom. The van der Waals surface area contributed by atoms with Gasteiger partial charge < -0.3 is 19.3 Å². The van der Waals surface area contributed by atoms with E-state index >= 15 is 0 Å². The number of rotatable bonds is 35. The number of halogens is 4. The number of hydrogen-bond donors (Lipinski definition) is 0. The lowest BCUT2D eigenvalue weighted by Crippen LogP contribution is -2.28. The van der Waals surface area contributed by atoms with Gasteiger partial charge in [-0.2, -0.15) is 0 Å². The number of hydrogen-bond acceptors (Lipinski definition) is 6. The van der Waals surface area contributed by atoms with Gasteiger partial charge in [0.1, 0.15) is 0 Å². The lowest BCUT2D eigenvalue weighted by molar-refractivity contribution is -0.144. The molecule has 10 heteroatoms. The molecule has 0 heterocycles. The monoisotopic (exact) mass is 721 g/mol. The predicted molar refractivity (Wildman–Crippen MR) is 198 cm³/mol. The van der Waals surface area contributed by atoms with Crippen molar-refractivity contribution in [1.29, 1.82) is 0 Å². The second kappa shape index (κ2) is 31.8. The number of carbonyl (C=O) groups excluding carboxylic acids is 2. The third kappa shape index (κ3) is 33.2. The quantitative estimate of drug-likeness (QED) is 0.0281. The average molecular weight is 721 g/mol. The highest BCUT2D eigenvalue weighted by molar-refractivity contribution is 5.69. The summed E-state index contributed by atoms with van der Waals surface area (Å²) in [5.41, 5.74) is 0.